The van der Waals surface area contributed by atoms with E-state index in [4.69, 9.17) is 9.47 Å². The van der Waals surface area contributed by atoms with Crippen molar-refractivity contribution in [3.05, 3.63) is 33.9 Å². The van der Waals surface area contributed by atoms with Gasteiger partial charge in [-0.1, -0.05) is 0 Å². The summed E-state index contributed by atoms with van der Waals surface area (Å²) in [5.41, 5.74) is -0.226. The molecule has 27 heavy (non-hydrogen) atoms. The summed E-state index contributed by atoms with van der Waals surface area (Å²) >= 11 is 3.04. The fraction of sp³-hybridized carbons (Fsp3) is 0.444. The maximum Gasteiger partial charge on any atom is 0.407 e. The van der Waals surface area contributed by atoms with Gasteiger partial charge in [-0.15, -0.1) is 0 Å². The first-order valence-electron chi connectivity index (χ1n) is 8.36. The molecular formula is C18H21BrF2N2O4. The van der Waals surface area contributed by atoms with E-state index in [0.29, 0.717) is 10.9 Å². The molecule has 0 saturated carbocycles. The molecule has 6 nitrogen and oxygen atoms in total. The molecule has 0 unspecified atom stereocenters. The summed E-state index contributed by atoms with van der Waals surface area (Å²) in [6, 6.07) is 2.43. The van der Waals surface area contributed by atoms with Crippen molar-refractivity contribution in [2.75, 3.05) is 13.2 Å². The number of esters is 1. The van der Waals surface area contributed by atoms with E-state index in [1.54, 1.807) is 27.7 Å². The lowest BCUT2D eigenvalue weighted by molar-refractivity contribution is 0.0514. The van der Waals surface area contributed by atoms with Crippen LogP contribution in [0.5, 0.6) is 0 Å². The number of alkyl carbamates (subject to hydrolysis) is 1. The maximum atomic E-state index is 14.0. The van der Waals surface area contributed by atoms with E-state index in [1.807, 2.05) is 0 Å². The second-order valence-corrected chi connectivity index (χ2v) is 7.55. The van der Waals surface area contributed by atoms with Gasteiger partial charge >= 0.3 is 12.1 Å². The van der Waals surface area contributed by atoms with Crippen LogP contribution in [-0.2, 0) is 16.0 Å². The van der Waals surface area contributed by atoms with E-state index in [-0.39, 0.29) is 29.9 Å². The van der Waals surface area contributed by atoms with Gasteiger partial charge in [-0.05, 0) is 55.8 Å². The Morgan fingerprint density at radius 1 is 1.26 bits per heavy atom. The molecule has 0 aliphatic heterocycles. The van der Waals surface area contributed by atoms with Crippen molar-refractivity contribution in [1.82, 2.24) is 9.88 Å². The number of nitrogens with zero attached hydrogens (tertiary/aromatic N) is 1. The number of halogens is 3. The van der Waals surface area contributed by atoms with Crippen molar-refractivity contribution in [3.63, 3.8) is 0 Å². The number of amides is 1. The minimum Gasteiger partial charge on any atom is -0.461 e. The van der Waals surface area contributed by atoms with Crippen molar-refractivity contribution >= 4 is 38.9 Å². The van der Waals surface area contributed by atoms with E-state index in [0.717, 1.165) is 6.07 Å². The van der Waals surface area contributed by atoms with E-state index in [1.165, 1.54) is 10.6 Å². The second kappa shape index (κ2) is 8.24. The van der Waals surface area contributed by atoms with Crippen LogP contribution in [0.25, 0.3) is 10.9 Å². The minimum absolute atomic E-state index is 0.106. The lowest BCUT2D eigenvalue weighted by Gasteiger charge is -2.20. The summed E-state index contributed by atoms with van der Waals surface area (Å²) in [7, 11) is 0. The van der Waals surface area contributed by atoms with Gasteiger partial charge in [0.05, 0.1) is 16.6 Å². The largest absolute Gasteiger partial charge is 0.461 e. The summed E-state index contributed by atoms with van der Waals surface area (Å²) < 4.78 is 39.2. The Morgan fingerprint density at radius 3 is 2.52 bits per heavy atom. The number of benzene rings is 1. The van der Waals surface area contributed by atoms with Crippen LogP contribution in [0.15, 0.2) is 16.6 Å². The fourth-order valence-corrected chi connectivity index (χ4v) is 3.16. The zero-order valence-electron chi connectivity index (χ0n) is 15.5. The first-order valence-corrected chi connectivity index (χ1v) is 9.15. The van der Waals surface area contributed by atoms with Crippen molar-refractivity contribution < 1.29 is 27.8 Å². The molecule has 1 aromatic heterocycles. The van der Waals surface area contributed by atoms with Crippen molar-refractivity contribution in [2.24, 2.45) is 0 Å². The molecule has 0 atom stereocenters. The quantitative estimate of drug-likeness (QED) is 0.546. The standard InChI is InChI=1S/C18H21BrF2N2O4/c1-5-26-16(24)12-9-10-8-11(20)14(21)13(19)15(10)23(12)7-6-22-17(25)27-18(2,3)4/h8-9H,5-7H2,1-4H3,(H,22,25). The van der Waals surface area contributed by atoms with Crippen molar-refractivity contribution in [2.45, 2.75) is 39.8 Å². The number of carbonyl (C=O) groups is 2. The van der Waals surface area contributed by atoms with Crippen LogP contribution in [0.1, 0.15) is 38.2 Å². The molecule has 0 fully saturated rings. The number of hydrogen-bond donors (Lipinski definition) is 1. The Hall–Kier alpha value is -2.16. The third-order valence-electron chi connectivity index (χ3n) is 3.51. The smallest absolute Gasteiger partial charge is 0.407 e. The molecule has 1 heterocycles. The lowest BCUT2D eigenvalue weighted by Crippen LogP contribution is -2.34. The summed E-state index contributed by atoms with van der Waals surface area (Å²) in [5, 5.41) is 2.90. The summed E-state index contributed by atoms with van der Waals surface area (Å²) in [6.07, 6.45) is -0.618. The molecule has 1 aromatic carbocycles. The van der Waals surface area contributed by atoms with Crippen LogP contribution in [0.3, 0.4) is 0 Å². The van der Waals surface area contributed by atoms with Gasteiger partial charge in [0.2, 0.25) is 0 Å². The second-order valence-electron chi connectivity index (χ2n) is 6.75. The highest BCUT2D eigenvalue weighted by Gasteiger charge is 2.22. The third-order valence-corrected chi connectivity index (χ3v) is 4.23. The van der Waals surface area contributed by atoms with E-state index in [9.17, 15) is 18.4 Å². The van der Waals surface area contributed by atoms with Crippen LogP contribution in [0, 0.1) is 11.6 Å². The molecule has 0 saturated heterocycles. The van der Waals surface area contributed by atoms with Gasteiger partial charge in [0.1, 0.15) is 11.3 Å². The number of ether oxygens (including phenoxy) is 2. The van der Waals surface area contributed by atoms with Gasteiger partial charge < -0.3 is 19.4 Å². The number of rotatable bonds is 5. The van der Waals surface area contributed by atoms with E-state index >= 15 is 0 Å². The van der Waals surface area contributed by atoms with Gasteiger partial charge in [-0.25, -0.2) is 18.4 Å². The minimum atomic E-state index is -1.06. The molecule has 1 amide bonds. The highest BCUT2D eigenvalue weighted by molar-refractivity contribution is 9.10. The third kappa shape index (κ3) is 4.97. The Labute approximate surface area is 163 Å². The van der Waals surface area contributed by atoms with E-state index < -0.39 is 29.3 Å². The molecule has 2 aromatic rings. The van der Waals surface area contributed by atoms with Crippen LogP contribution in [-0.4, -0.2) is 35.4 Å². The van der Waals surface area contributed by atoms with Crippen LogP contribution in [0.2, 0.25) is 0 Å². The van der Waals surface area contributed by atoms with Gasteiger partial charge in [-0.2, -0.15) is 0 Å². The molecule has 0 bridgehead atoms. The topological polar surface area (TPSA) is 69.6 Å². The Morgan fingerprint density at radius 2 is 1.93 bits per heavy atom. The Balaban J connectivity index is 2.34. The van der Waals surface area contributed by atoms with Gasteiger partial charge in [0.25, 0.3) is 0 Å². The molecule has 148 valence electrons. The predicted octanol–water partition coefficient (Wildman–Crippen LogP) is 4.38. The van der Waals surface area contributed by atoms with Gasteiger partial charge in [0.15, 0.2) is 11.6 Å². The lowest BCUT2D eigenvalue weighted by atomic mass is 10.2. The summed E-state index contributed by atoms with van der Waals surface area (Å²) in [5.74, 6) is -2.72. The normalized spacial score (nSPS) is 11.5. The average molecular weight is 447 g/mol. The van der Waals surface area contributed by atoms with Gasteiger partial charge in [0, 0.05) is 18.5 Å². The van der Waals surface area contributed by atoms with Crippen LogP contribution >= 0.6 is 15.9 Å². The molecule has 0 spiro atoms. The zero-order chi connectivity index (χ0) is 20.4. The van der Waals surface area contributed by atoms with Crippen molar-refractivity contribution in [1.29, 1.82) is 0 Å². The SMILES string of the molecule is CCOC(=O)c1cc2cc(F)c(F)c(Br)c2n1CCNC(=O)OC(C)(C)C. The van der Waals surface area contributed by atoms with E-state index in [2.05, 4.69) is 21.2 Å². The molecular weight excluding hydrogens is 426 g/mol. The first-order chi connectivity index (χ1) is 12.5. The fourth-order valence-electron chi connectivity index (χ4n) is 2.52. The summed E-state index contributed by atoms with van der Waals surface area (Å²) in [6.45, 7) is 7.25. The highest BCUT2D eigenvalue weighted by atomic mass is 79.9. The maximum absolute atomic E-state index is 14.0. The monoisotopic (exact) mass is 446 g/mol. The summed E-state index contributed by atoms with van der Waals surface area (Å²) in [4.78, 5) is 24.0. The van der Waals surface area contributed by atoms with Crippen molar-refractivity contribution in [3.8, 4) is 0 Å². The molecule has 0 aliphatic rings. The predicted molar refractivity (Wildman–Crippen MR) is 99.7 cm³/mol. The molecule has 2 rings (SSSR count). The molecule has 0 aliphatic carbocycles. The highest BCUT2D eigenvalue weighted by Crippen LogP contribution is 2.32. The number of carbonyl (C=O) groups excluding carboxylic acids is 2. The Kier molecular flexibility index (Phi) is 6.46. The average Bonchev–Trinajstić information content (AvgIpc) is 2.90. The zero-order valence-corrected chi connectivity index (χ0v) is 17.1. The molecule has 1 N–H and O–H groups in total. The number of hydrogen-bond acceptors (Lipinski definition) is 4. The number of aromatic nitrogens is 1. The number of fused-ring (bicyclic) bond motifs is 1. The van der Waals surface area contributed by atoms with Crippen LogP contribution in [0.4, 0.5) is 13.6 Å². The first kappa shape index (κ1) is 21.1. The Bertz CT molecular complexity index is 875. The molecule has 0 radical (unpaired) electrons. The number of nitrogens with one attached hydrogen (secondary N) is 1. The van der Waals surface area contributed by atoms with Crippen LogP contribution < -0.4 is 5.32 Å². The molecule has 9 heteroatoms. The van der Waals surface area contributed by atoms with Gasteiger partial charge in [-0.3, -0.25) is 0 Å².